The summed E-state index contributed by atoms with van der Waals surface area (Å²) in [6, 6.07) is 0.558. The topological polar surface area (TPSA) is 42.7 Å². The smallest absolute Gasteiger partial charge is 0.137 e. The van der Waals surface area contributed by atoms with E-state index in [0.717, 1.165) is 24.3 Å². The highest BCUT2D eigenvalue weighted by atomic mass is 15.3. The lowest BCUT2D eigenvalue weighted by molar-refractivity contribution is -0.0759. The molecule has 0 aromatic carbocycles. The van der Waals surface area contributed by atoms with E-state index in [2.05, 4.69) is 22.4 Å². The summed E-state index contributed by atoms with van der Waals surface area (Å²) in [4.78, 5) is 4.08. The Morgan fingerprint density at radius 1 is 1.21 bits per heavy atom. The maximum atomic E-state index is 4.30. The SMILES string of the molecule is CNC(Cn1cncn1)C12CC3CC(CC(C3)C1)C2. The van der Waals surface area contributed by atoms with Crippen LogP contribution in [0.4, 0.5) is 0 Å². The van der Waals surface area contributed by atoms with Gasteiger partial charge in [-0.15, -0.1) is 0 Å². The van der Waals surface area contributed by atoms with Crippen molar-refractivity contribution >= 4 is 0 Å². The van der Waals surface area contributed by atoms with E-state index in [1.165, 1.54) is 38.5 Å². The van der Waals surface area contributed by atoms with Crippen LogP contribution in [0, 0.1) is 23.2 Å². The summed E-state index contributed by atoms with van der Waals surface area (Å²) >= 11 is 0. The lowest BCUT2D eigenvalue weighted by atomic mass is 9.47. The molecule has 0 amide bonds. The summed E-state index contributed by atoms with van der Waals surface area (Å²) in [6.07, 6.45) is 12.4. The van der Waals surface area contributed by atoms with Gasteiger partial charge in [0, 0.05) is 6.04 Å². The van der Waals surface area contributed by atoms with Crippen LogP contribution in [0.3, 0.4) is 0 Å². The second-order valence-corrected chi connectivity index (χ2v) is 7.24. The summed E-state index contributed by atoms with van der Waals surface area (Å²) in [5.41, 5.74) is 0.537. The normalized spacial score (nSPS) is 41.6. The molecule has 4 fully saturated rings. The monoisotopic (exact) mass is 260 g/mol. The molecule has 0 aliphatic heterocycles. The van der Waals surface area contributed by atoms with Crippen molar-refractivity contribution < 1.29 is 0 Å². The molecule has 1 unspecified atom stereocenters. The van der Waals surface area contributed by atoms with E-state index in [-0.39, 0.29) is 0 Å². The van der Waals surface area contributed by atoms with Crippen LogP contribution >= 0.6 is 0 Å². The van der Waals surface area contributed by atoms with Gasteiger partial charge in [-0.3, -0.25) is 4.68 Å². The van der Waals surface area contributed by atoms with Gasteiger partial charge in [-0.1, -0.05) is 0 Å². The van der Waals surface area contributed by atoms with E-state index in [1.54, 1.807) is 6.33 Å². The molecule has 4 bridgehead atoms. The largest absolute Gasteiger partial charge is 0.315 e. The van der Waals surface area contributed by atoms with E-state index < -0.39 is 0 Å². The zero-order chi connectivity index (χ0) is 12.9. The average molecular weight is 260 g/mol. The Labute approximate surface area is 115 Å². The van der Waals surface area contributed by atoms with Crippen molar-refractivity contribution in [3.8, 4) is 0 Å². The molecule has 5 rings (SSSR count). The highest BCUT2D eigenvalue weighted by Gasteiger charge is 2.53. The maximum absolute atomic E-state index is 4.30. The zero-order valence-electron chi connectivity index (χ0n) is 11.8. The van der Waals surface area contributed by atoms with Gasteiger partial charge < -0.3 is 5.32 Å². The van der Waals surface area contributed by atoms with Crippen LogP contribution in [-0.2, 0) is 6.54 Å². The Morgan fingerprint density at radius 2 is 1.84 bits per heavy atom. The molecular formula is C15H24N4. The fourth-order valence-corrected chi connectivity index (χ4v) is 5.71. The lowest BCUT2D eigenvalue weighted by Gasteiger charge is -2.59. The summed E-state index contributed by atoms with van der Waals surface area (Å²) in [7, 11) is 2.13. The van der Waals surface area contributed by atoms with Crippen molar-refractivity contribution in [2.24, 2.45) is 23.2 Å². The van der Waals surface area contributed by atoms with Crippen LogP contribution in [0.25, 0.3) is 0 Å². The summed E-state index contributed by atoms with van der Waals surface area (Å²) in [5.74, 6) is 3.04. The van der Waals surface area contributed by atoms with Crippen molar-refractivity contribution in [1.29, 1.82) is 0 Å². The molecule has 1 heterocycles. The van der Waals surface area contributed by atoms with E-state index in [0.29, 0.717) is 11.5 Å². The molecule has 1 N–H and O–H groups in total. The van der Waals surface area contributed by atoms with Crippen LogP contribution in [0.2, 0.25) is 0 Å². The number of likely N-dealkylation sites (N-methyl/N-ethyl adjacent to an activating group) is 1. The number of rotatable bonds is 4. The first kappa shape index (κ1) is 11.9. The van der Waals surface area contributed by atoms with Gasteiger partial charge >= 0.3 is 0 Å². The van der Waals surface area contributed by atoms with E-state index in [9.17, 15) is 0 Å². The first-order chi connectivity index (χ1) is 9.27. The highest BCUT2D eigenvalue weighted by molar-refractivity contribution is 5.05. The van der Waals surface area contributed by atoms with E-state index in [1.807, 2.05) is 11.0 Å². The quantitative estimate of drug-likeness (QED) is 0.901. The standard InChI is InChI=1S/C15H24N4/c1-16-14(8-19-10-17-9-18-19)15-5-11-2-12(6-15)4-13(3-11)7-15/h9-14,16H,2-8H2,1H3. The van der Waals surface area contributed by atoms with Crippen LogP contribution in [-0.4, -0.2) is 27.9 Å². The third kappa shape index (κ3) is 1.92. The molecule has 4 aliphatic rings. The van der Waals surface area contributed by atoms with Gasteiger partial charge in [0.2, 0.25) is 0 Å². The molecule has 19 heavy (non-hydrogen) atoms. The number of nitrogens with zero attached hydrogens (tertiary/aromatic N) is 3. The van der Waals surface area contributed by atoms with Crippen LogP contribution in [0.15, 0.2) is 12.7 Å². The molecule has 0 radical (unpaired) electrons. The van der Waals surface area contributed by atoms with Gasteiger partial charge in [-0.05, 0) is 68.7 Å². The minimum atomic E-state index is 0.537. The minimum Gasteiger partial charge on any atom is -0.315 e. The Morgan fingerprint density at radius 3 is 2.32 bits per heavy atom. The average Bonchev–Trinajstić information content (AvgIpc) is 2.87. The molecule has 1 aromatic rings. The van der Waals surface area contributed by atoms with Gasteiger partial charge in [-0.25, -0.2) is 4.98 Å². The summed E-state index contributed by atoms with van der Waals surface area (Å²) in [6.45, 7) is 0.975. The molecule has 1 atom stereocenters. The predicted octanol–water partition coefficient (Wildman–Crippen LogP) is 2.08. The number of hydrogen-bond donors (Lipinski definition) is 1. The second kappa shape index (κ2) is 4.30. The Balaban J connectivity index is 1.58. The molecule has 4 aliphatic carbocycles. The van der Waals surface area contributed by atoms with Crippen molar-refractivity contribution in [3.63, 3.8) is 0 Å². The molecular weight excluding hydrogens is 236 g/mol. The van der Waals surface area contributed by atoms with Gasteiger partial charge in [0.25, 0.3) is 0 Å². The molecule has 4 heteroatoms. The van der Waals surface area contributed by atoms with Gasteiger partial charge in [0.05, 0.1) is 6.54 Å². The van der Waals surface area contributed by atoms with Crippen molar-refractivity contribution in [2.45, 2.75) is 51.1 Å². The molecule has 1 aromatic heterocycles. The predicted molar refractivity (Wildman–Crippen MR) is 73.5 cm³/mol. The number of hydrogen-bond acceptors (Lipinski definition) is 3. The molecule has 4 nitrogen and oxygen atoms in total. The van der Waals surface area contributed by atoms with Crippen LogP contribution < -0.4 is 5.32 Å². The number of nitrogens with one attached hydrogen (secondary N) is 1. The van der Waals surface area contributed by atoms with Gasteiger partial charge in [0.1, 0.15) is 12.7 Å². The van der Waals surface area contributed by atoms with Gasteiger partial charge in [-0.2, -0.15) is 5.10 Å². The lowest BCUT2D eigenvalue weighted by Crippen LogP contribution is -2.56. The summed E-state index contributed by atoms with van der Waals surface area (Å²) in [5, 5.41) is 7.91. The molecule has 104 valence electrons. The fourth-order valence-electron chi connectivity index (χ4n) is 5.71. The Hall–Kier alpha value is -0.900. The fraction of sp³-hybridized carbons (Fsp3) is 0.867. The zero-order valence-corrected chi connectivity index (χ0v) is 11.8. The Kier molecular flexibility index (Phi) is 2.69. The first-order valence-corrected chi connectivity index (χ1v) is 7.77. The first-order valence-electron chi connectivity index (χ1n) is 7.77. The molecule has 0 saturated heterocycles. The van der Waals surface area contributed by atoms with Crippen molar-refractivity contribution in [2.75, 3.05) is 7.05 Å². The third-order valence-corrected chi connectivity index (χ3v) is 6.01. The minimum absolute atomic E-state index is 0.537. The second-order valence-electron chi connectivity index (χ2n) is 7.24. The summed E-state index contributed by atoms with van der Waals surface area (Å²) < 4.78 is 2.00. The van der Waals surface area contributed by atoms with Crippen LogP contribution in [0.5, 0.6) is 0 Å². The molecule has 4 saturated carbocycles. The number of aromatic nitrogens is 3. The maximum Gasteiger partial charge on any atom is 0.137 e. The van der Waals surface area contributed by atoms with E-state index in [4.69, 9.17) is 0 Å². The van der Waals surface area contributed by atoms with Gasteiger partial charge in [0.15, 0.2) is 0 Å². The van der Waals surface area contributed by atoms with Crippen molar-refractivity contribution in [3.05, 3.63) is 12.7 Å². The Bertz CT molecular complexity index is 404. The third-order valence-electron chi connectivity index (χ3n) is 6.01. The van der Waals surface area contributed by atoms with Crippen molar-refractivity contribution in [1.82, 2.24) is 20.1 Å². The molecule has 0 spiro atoms. The van der Waals surface area contributed by atoms with Crippen LogP contribution in [0.1, 0.15) is 38.5 Å². The highest BCUT2D eigenvalue weighted by Crippen LogP contribution is 2.61. The van der Waals surface area contributed by atoms with E-state index >= 15 is 0 Å².